The second-order valence-corrected chi connectivity index (χ2v) is 4.74. The number of hydrogen-bond donors (Lipinski definition) is 1. The van der Waals surface area contributed by atoms with Gasteiger partial charge in [-0.3, -0.25) is 4.90 Å². The number of nitriles is 1. The number of nitrogens with zero attached hydrogens (tertiary/aromatic N) is 2. The zero-order valence-corrected chi connectivity index (χ0v) is 10.6. The van der Waals surface area contributed by atoms with Crippen LogP contribution in [0.25, 0.3) is 0 Å². The molecule has 0 aromatic heterocycles. The van der Waals surface area contributed by atoms with E-state index >= 15 is 0 Å². The van der Waals surface area contributed by atoms with Crippen LogP contribution in [-0.2, 0) is 6.54 Å². The number of rotatable bonds is 4. The summed E-state index contributed by atoms with van der Waals surface area (Å²) in [4.78, 5) is 2.31. The van der Waals surface area contributed by atoms with E-state index in [1.165, 1.54) is 18.9 Å². The normalized spacial score (nSPS) is 19.9. The summed E-state index contributed by atoms with van der Waals surface area (Å²) >= 11 is 0. The third kappa shape index (κ3) is 2.87. The van der Waals surface area contributed by atoms with E-state index in [4.69, 9.17) is 5.26 Å². The van der Waals surface area contributed by atoms with Crippen LogP contribution in [-0.4, -0.2) is 31.1 Å². The predicted molar refractivity (Wildman–Crippen MR) is 68.5 cm³/mol. The highest BCUT2D eigenvalue weighted by molar-refractivity contribution is 5.32. The van der Waals surface area contributed by atoms with Crippen LogP contribution in [0.15, 0.2) is 18.2 Å². The molecule has 1 aliphatic rings. The minimum atomic E-state index is -0.274. The Morgan fingerprint density at radius 1 is 1.56 bits per heavy atom. The van der Waals surface area contributed by atoms with Crippen molar-refractivity contribution in [2.24, 2.45) is 0 Å². The van der Waals surface area contributed by atoms with Crippen molar-refractivity contribution in [3.63, 3.8) is 0 Å². The van der Waals surface area contributed by atoms with Crippen LogP contribution in [0, 0.1) is 17.1 Å². The molecule has 0 radical (unpaired) electrons. The molecule has 0 aliphatic carbocycles. The Hall–Kier alpha value is -1.44. The van der Waals surface area contributed by atoms with E-state index in [0.717, 1.165) is 13.1 Å². The standard InChI is InChI=1S/C14H18FN3/c1-17-9-13-3-2-6-18(13)10-12-5-4-11(8-16)7-14(12)15/h4-5,7,13,17H,2-3,6,9-10H2,1H3. The SMILES string of the molecule is CNCC1CCCN1Cc1ccc(C#N)cc1F. The van der Waals surface area contributed by atoms with Gasteiger partial charge in [-0.2, -0.15) is 5.26 Å². The fraction of sp³-hybridized carbons (Fsp3) is 0.500. The minimum absolute atomic E-state index is 0.274. The van der Waals surface area contributed by atoms with Crippen molar-refractivity contribution in [2.45, 2.75) is 25.4 Å². The minimum Gasteiger partial charge on any atom is -0.318 e. The molecule has 1 fully saturated rings. The Morgan fingerprint density at radius 3 is 3.06 bits per heavy atom. The molecule has 1 saturated heterocycles. The molecule has 2 rings (SSSR count). The molecule has 1 N–H and O–H groups in total. The summed E-state index contributed by atoms with van der Waals surface area (Å²) in [6.07, 6.45) is 2.34. The largest absolute Gasteiger partial charge is 0.318 e. The number of likely N-dealkylation sites (N-methyl/N-ethyl adjacent to an activating group) is 1. The Labute approximate surface area is 107 Å². The number of halogens is 1. The molecular formula is C14H18FN3. The lowest BCUT2D eigenvalue weighted by Crippen LogP contribution is -2.36. The van der Waals surface area contributed by atoms with Gasteiger partial charge in [0.1, 0.15) is 5.82 Å². The molecule has 1 heterocycles. The van der Waals surface area contributed by atoms with Crippen molar-refractivity contribution in [3.8, 4) is 6.07 Å². The predicted octanol–water partition coefficient (Wildman–Crippen LogP) is 1.88. The molecule has 4 heteroatoms. The van der Waals surface area contributed by atoms with E-state index in [1.807, 2.05) is 13.1 Å². The summed E-state index contributed by atoms with van der Waals surface area (Å²) in [5, 5.41) is 11.9. The third-order valence-electron chi connectivity index (χ3n) is 3.49. The first kappa shape index (κ1) is 13.0. The Bertz CT molecular complexity index is 453. The highest BCUT2D eigenvalue weighted by Gasteiger charge is 2.24. The lowest BCUT2D eigenvalue weighted by atomic mass is 10.1. The number of likely N-dealkylation sites (tertiary alicyclic amines) is 1. The summed E-state index contributed by atoms with van der Waals surface area (Å²) in [5.41, 5.74) is 1.06. The highest BCUT2D eigenvalue weighted by atomic mass is 19.1. The molecule has 1 aromatic rings. The molecule has 1 aromatic carbocycles. The summed E-state index contributed by atoms with van der Waals surface area (Å²) in [7, 11) is 1.94. The van der Waals surface area contributed by atoms with Gasteiger partial charge in [-0.15, -0.1) is 0 Å². The quantitative estimate of drug-likeness (QED) is 0.883. The topological polar surface area (TPSA) is 39.1 Å². The molecule has 96 valence electrons. The van der Waals surface area contributed by atoms with E-state index in [9.17, 15) is 4.39 Å². The van der Waals surface area contributed by atoms with Crippen LogP contribution in [0.5, 0.6) is 0 Å². The maximum Gasteiger partial charge on any atom is 0.129 e. The highest BCUT2D eigenvalue weighted by Crippen LogP contribution is 2.21. The van der Waals surface area contributed by atoms with Crippen LogP contribution >= 0.6 is 0 Å². The molecule has 1 aliphatic heterocycles. The average molecular weight is 247 g/mol. The van der Waals surface area contributed by atoms with Crippen LogP contribution in [0.1, 0.15) is 24.0 Å². The maximum absolute atomic E-state index is 13.8. The lowest BCUT2D eigenvalue weighted by Gasteiger charge is -2.24. The monoisotopic (exact) mass is 247 g/mol. The first-order valence-corrected chi connectivity index (χ1v) is 6.31. The molecule has 18 heavy (non-hydrogen) atoms. The van der Waals surface area contributed by atoms with Crippen molar-refractivity contribution >= 4 is 0 Å². The summed E-state index contributed by atoms with van der Waals surface area (Å²) in [6, 6.07) is 7.17. The molecule has 1 unspecified atom stereocenters. The molecule has 1 atom stereocenters. The maximum atomic E-state index is 13.8. The van der Waals surface area contributed by atoms with Gasteiger partial charge in [-0.05, 0) is 38.6 Å². The second kappa shape index (κ2) is 5.94. The van der Waals surface area contributed by atoms with Gasteiger partial charge in [-0.1, -0.05) is 6.07 Å². The van der Waals surface area contributed by atoms with Gasteiger partial charge in [0.15, 0.2) is 0 Å². The van der Waals surface area contributed by atoms with Crippen LogP contribution in [0.3, 0.4) is 0 Å². The summed E-state index contributed by atoms with van der Waals surface area (Å²) in [5.74, 6) is -0.274. The van der Waals surface area contributed by atoms with Crippen LogP contribution in [0.4, 0.5) is 4.39 Å². The van der Waals surface area contributed by atoms with Crippen LogP contribution in [0.2, 0.25) is 0 Å². The Balaban J connectivity index is 2.07. The van der Waals surface area contributed by atoms with Gasteiger partial charge in [0, 0.05) is 24.7 Å². The van der Waals surface area contributed by atoms with Gasteiger partial charge in [-0.25, -0.2) is 4.39 Å². The van der Waals surface area contributed by atoms with E-state index in [2.05, 4.69) is 10.2 Å². The molecular weight excluding hydrogens is 229 g/mol. The van der Waals surface area contributed by atoms with Crippen molar-refractivity contribution in [2.75, 3.05) is 20.1 Å². The van der Waals surface area contributed by atoms with Gasteiger partial charge >= 0.3 is 0 Å². The van der Waals surface area contributed by atoms with Crippen molar-refractivity contribution in [1.82, 2.24) is 10.2 Å². The first-order chi connectivity index (χ1) is 8.74. The van der Waals surface area contributed by atoms with Gasteiger partial charge in [0.2, 0.25) is 0 Å². The zero-order valence-electron chi connectivity index (χ0n) is 10.6. The average Bonchev–Trinajstić information content (AvgIpc) is 2.80. The van der Waals surface area contributed by atoms with Crippen molar-refractivity contribution in [3.05, 3.63) is 35.1 Å². The third-order valence-corrected chi connectivity index (χ3v) is 3.49. The fourth-order valence-corrected chi connectivity index (χ4v) is 2.53. The van der Waals surface area contributed by atoms with Crippen molar-refractivity contribution < 1.29 is 4.39 Å². The van der Waals surface area contributed by atoms with Gasteiger partial charge in [0.05, 0.1) is 11.6 Å². The first-order valence-electron chi connectivity index (χ1n) is 6.31. The zero-order chi connectivity index (χ0) is 13.0. The van der Waals surface area contributed by atoms with E-state index in [0.29, 0.717) is 23.7 Å². The summed E-state index contributed by atoms with van der Waals surface area (Å²) in [6.45, 7) is 2.59. The fourth-order valence-electron chi connectivity index (χ4n) is 2.53. The summed E-state index contributed by atoms with van der Waals surface area (Å²) < 4.78 is 13.8. The number of benzene rings is 1. The Kier molecular flexibility index (Phi) is 4.29. The lowest BCUT2D eigenvalue weighted by molar-refractivity contribution is 0.239. The molecule has 0 bridgehead atoms. The van der Waals surface area contributed by atoms with E-state index in [-0.39, 0.29) is 5.82 Å². The van der Waals surface area contributed by atoms with Gasteiger partial charge < -0.3 is 5.32 Å². The molecule has 0 amide bonds. The number of hydrogen-bond acceptors (Lipinski definition) is 3. The molecule has 0 saturated carbocycles. The number of nitrogens with one attached hydrogen (secondary N) is 1. The van der Waals surface area contributed by atoms with Crippen molar-refractivity contribution in [1.29, 1.82) is 5.26 Å². The van der Waals surface area contributed by atoms with Crippen LogP contribution < -0.4 is 5.32 Å². The molecule has 0 spiro atoms. The van der Waals surface area contributed by atoms with Gasteiger partial charge in [0.25, 0.3) is 0 Å². The smallest absolute Gasteiger partial charge is 0.129 e. The van der Waals surface area contributed by atoms with E-state index in [1.54, 1.807) is 12.1 Å². The second-order valence-electron chi connectivity index (χ2n) is 4.74. The molecule has 3 nitrogen and oxygen atoms in total. The van der Waals surface area contributed by atoms with E-state index < -0.39 is 0 Å². The Morgan fingerprint density at radius 2 is 2.39 bits per heavy atom.